The zero-order valence-corrected chi connectivity index (χ0v) is 12.9. The zero-order valence-electron chi connectivity index (χ0n) is 12.1. The Morgan fingerprint density at radius 3 is 2.76 bits per heavy atom. The van der Waals surface area contributed by atoms with E-state index in [1.165, 1.54) is 11.3 Å². The Bertz CT molecular complexity index is 521. The van der Waals surface area contributed by atoms with E-state index in [0.717, 1.165) is 24.5 Å². The molecule has 3 rings (SSSR count). The summed E-state index contributed by atoms with van der Waals surface area (Å²) in [7, 11) is 0. The minimum atomic E-state index is -0.851. The molecule has 7 heteroatoms. The van der Waals surface area contributed by atoms with Gasteiger partial charge in [-0.3, -0.25) is 0 Å². The summed E-state index contributed by atoms with van der Waals surface area (Å²) in [6.07, 6.45) is 2.42. The number of rotatable bonds is 4. The van der Waals surface area contributed by atoms with Crippen LogP contribution in [0.4, 0.5) is 5.00 Å². The highest BCUT2D eigenvalue weighted by atomic mass is 32.1. The number of esters is 1. The second-order valence-electron chi connectivity index (χ2n) is 5.38. The number of aromatic nitrogens is 1. The molecule has 1 aromatic heterocycles. The highest BCUT2D eigenvalue weighted by Crippen LogP contribution is 2.45. The predicted molar refractivity (Wildman–Crippen MR) is 78.9 cm³/mol. The van der Waals surface area contributed by atoms with Crippen LogP contribution in [-0.4, -0.2) is 49.0 Å². The maximum Gasteiger partial charge on any atom is 0.360 e. The average molecular weight is 312 g/mol. The van der Waals surface area contributed by atoms with Gasteiger partial charge in [0.15, 0.2) is 5.69 Å². The highest BCUT2D eigenvalue weighted by Gasteiger charge is 2.41. The Hall–Kier alpha value is -1.18. The molecule has 0 bridgehead atoms. The van der Waals surface area contributed by atoms with Crippen LogP contribution in [0, 0.1) is 0 Å². The number of hydrogen-bond acceptors (Lipinski definition) is 7. The first-order chi connectivity index (χ1) is 10.1. The summed E-state index contributed by atoms with van der Waals surface area (Å²) in [5.74, 6) is -0.413. The van der Waals surface area contributed by atoms with Crippen molar-refractivity contribution in [1.82, 2.24) is 4.98 Å². The minimum absolute atomic E-state index is 0.318. The Balaban J connectivity index is 1.92. The van der Waals surface area contributed by atoms with Gasteiger partial charge in [0.1, 0.15) is 15.6 Å². The summed E-state index contributed by atoms with van der Waals surface area (Å²) in [6, 6.07) is 0. The zero-order chi connectivity index (χ0) is 14.9. The van der Waals surface area contributed by atoms with E-state index in [2.05, 4.69) is 9.88 Å². The van der Waals surface area contributed by atoms with Crippen molar-refractivity contribution in [2.45, 2.75) is 31.8 Å². The number of hydrogen-bond donors (Lipinski definition) is 1. The van der Waals surface area contributed by atoms with Crippen molar-refractivity contribution in [3.63, 3.8) is 0 Å². The van der Waals surface area contributed by atoms with E-state index in [4.69, 9.17) is 9.47 Å². The molecule has 1 saturated heterocycles. The largest absolute Gasteiger partial charge is 0.461 e. The summed E-state index contributed by atoms with van der Waals surface area (Å²) in [6.45, 7) is 4.83. The summed E-state index contributed by atoms with van der Waals surface area (Å²) in [5, 5.41) is 11.9. The molecule has 2 heterocycles. The lowest BCUT2D eigenvalue weighted by Gasteiger charge is -2.34. The van der Waals surface area contributed by atoms with Crippen molar-refractivity contribution in [2.75, 3.05) is 37.8 Å². The van der Waals surface area contributed by atoms with Gasteiger partial charge in [0, 0.05) is 13.1 Å². The molecule has 1 saturated carbocycles. The van der Waals surface area contributed by atoms with Crippen LogP contribution in [0.5, 0.6) is 0 Å². The lowest BCUT2D eigenvalue weighted by molar-refractivity contribution is -0.0390. The second kappa shape index (κ2) is 5.90. The monoisotopic (exact) mass is 312 g/mol. The van der Waals surface area contributed by atoms with E-state index >= 15 is 0 Å². The van der Waals surface area contributed by atoms with Crippen LogP contribution in [0.2, 0.25) is 0 Å². The summed E-state index contributed by atoms with van der Waals surface area (Å²) in [5.41, 5.74) is -0.518. The predicted octanol–water partition coefficient (Wildman–Crippen LogP) is 1.53. The van der Waals surface area contributed by atoms with E-state index in [9.17, 15) is 9.90 Å². The van der Waals surface area contributed by atoms with Gasteiger partial charge in [-0.2, -0.15) is 0 Å². The van der Waals surface area contributed by atoms with Gasteiger partial charge >= 0.3 is 5.97 Å². The minimum Gasteiger partial charge on any atom is -0.461 e. The molecule has 0 unspecified atom stereocenters. The number of morpholine rings is 1. The summed E-state index contributed by atoms with van der Waals surface area (Å²) in [4.78, 5) is 18.6. The molecular formula is C14H20N2O4S. The van der Waals surface area contributed by atoms with E-state index in [-0.39, 0.29) is 0 Å². The Morgan fingerprint density at radius 2 is 2.19 bits per heavy atom. The van der Waals surface area contributed by atoms with Crippen LogP contribution < -0.4 is 4.90 Å². The van der Waals surface area contributed by atoms with Crippen molar-refractivity contribution >= 4 is 22.3 Å². The van der Waals surface area contributed by atoms with Crippen LogP contribution in [0.3, 0.4) is 0 Å². The van der Waals surface area contributed by atoms with Crippen LogP contribution in [0.25, 0.3) is 0 Å². The van der Waals surface area contributed by atoms with Gasteiger partial charge < -0.3 is 19.5 Å². The van der Waals surface area contributed by atoms with Gasteiger partial charge in [-0.05, 0) is 26.2 Å². The smallest absolute Gasteiger partial charge is 0.360 e. The first-order valence-corrected chi connectivity index (χ1v) is 8.19. The van der Waals surface area contributed by atoms with E-state index in [1.54, 1.807) is 6.92 Å². The molecule has 1 aliphatic heterocycles. The lowest BCUT2D eigenvalue weighted by Crippen LogP contribution is -2.36. The molecular weight excluding hydrogens is 292 g/mol. The van der Waals surface area contributed by atoms with Crippen LogP contribution in [0.15, 0.2) is 0 Å². The van der Waals surface area contributed by atoms with E-state index < -0.39 is 11.6 Å². The van der Waals surface area contributed by atoms with Crippen LogP contribution >= 0.6 is 11.3 Å². The molecule has 2 aliphatic rings. The third-order valence-corrected chi connectivity index (χ3v) is 5.26. The fourth-order valence-electron chi connectivity index (χ4n) is 2.55. The number of thiazole rings is 1. The third kappa shape index (κ3) is 2.77. The third-order valence-electron chi connectivity index (χ3n) is 3.96. The number of anilines is 1. The van der Waals surface area contributed by atoms with Gasteiger partial charge in [-0.1, -0.05) is 11.3 Å². The lowest BCUT2D eigenvalue weighted by atomic mass is 9.81. The molecule has 116 valence electrons. The highest BCUT2D eigenvalue weighted by molar-refractivity contribution is 7.16. The van der Waals surface area contributed by atoms with Crippen molar-refractivity contribution < 1.29 is 19.4 Å². The van der Waals surface area contributed by atoms with E-state index in [0.29, 0.717) is 43.4 Å². The summed E-state index contributed by atoms with van der Waals surface area (Å²) < 4.78 is 10.5. The van der Waals surface area contributed by atoms with Gasteiger partial charge in [-0.15, -0.1) is 0 Å². The fourth-order valence-corrected chi connectivity index (χ4v) is 3.80. The molecule has 0 aromatic carbocycles. The maximum absolute atomic E-state index is 12.1. The molecule has 6 nitrogen and oxygen atoms in total. The Morgan fingerprint density at radius 1 is 1.48 bits per heavy atom. The molecule has 1 N–H and O–H groups in total. The molecule has 21 heavy (non-hydrogen) atoms. The van der Waals surface area contributed by atoms with Gasteiger partial charge in [0.25, 0.3) is 0 Å². The first kappa shape index (κ1) is 14.7. The molecule has 0 spiro atoms. The van der Waals surface area contributed by atoms with Gasteiger partial charge in [0.2, 0.25) is 0 Å². The van der Waals surface area contributed by atoms with Crippen molar-refractivity contribution in [3.05, 3.63) is 10.7 Å². The molecule has 0 amide bonds. The number of ether oxygens (including phenoxy) is 2. The normalized spacial score (nSPS) is 21.0. The first-order valence-electron chi connectivity index (χ1n) is 7.37. The average Bonchev–Trinajstić information content (AvgIpc) is 2.91. The number of carbonyl (C=O) groups excluding carboxylic acids is 1. The molecule has 1 aromatic rings. The van der Waals surface area contributed by atoms with Crippen molar-refractivity contribution in [2.24, 2.45) is 0 Å². The molecule has 0 atom stereocenters. The molecule has 2 fully saturated rings. The van der Waals surface area contributed by atoms with Gasteiger partial charge in [-0.25, -0.2) is 9.78 Å². The Labute approximate surface area is 127 Å². The SMILES string of the molecule is CCOC(=O)c1nc(C2(O)CCC2)sc1N1CCOCC1. The molecule has 1 aliphatic carbocycles. The van der Waals surface area contributed by atoms with Crippen molar-refractivity contribution in [1.29, 1.82) is 0 Å². The summed E-state index contributed by atoms with van der Waals surface area (Å²) >= 11 is 1.41. The van der Waals surface area contributed by atoms with Crippen LogP contribution in [-0.2, 0) is 15.1 Å². The van der Waals surface area contributed by atoms with Crippen molar-refractivity contribution in [3.8, 4) is 0 Å². The molecule has 0 radical (unpaired) electrons. The number of aliphatic hydroxyl groups is 1. The maximum atomic E-state index is 12.1. The number of carbonyl (C=O) groups is 1. The number of nitrogens with zero attached hydrogens (tertiary/aromatic N) is 2. The Kier molecular flexibility index (Phi) is 4.14. The van der Waals surface area contributed by atoms with E-state index in [1.807, 2.05) is 0 Å². The van der Waals surface area contributed by atoms with Gasteiger partial charge in [0.05, 0.1) is 19.8 Å². The van der Waals surface area contributed by atoms with Crippen LogP contribution in [0.1, 0.15) is 41.7 Å². The standard InChI is InChI=1S/C14H20N2O4S/c1-2-20-12(17)10-11(16-6-8-19-9-7-16)21-13(15-10)14(18)4-3-5-14/h18H,2-9H2,1H3. The topological polar surface area (TPSA) is 71.9 Å². The fraction of sp³-hybridized carbons (Fsp3) is 0.714. The quantitative estimate of drug-likeness (QED) is 0.850. The second-order valence-corrected chi connectivity index (χ2v) is 6.36.